The number of hydrogen-bond donors (Lipinski definition) is 1. The van der Waals surface area contributed by atoms with Crippen LogP contribution in [0.15, 0.2) is 6.33 Å². The second-order valence-electron chi connectivity index (χ2n) is 4.04. The molecule has 1 saturated heterocycles. The largest absolute Gasteiger partial charge is 0.382 e. The Morgan fingerprint density at radius 1 is 1.47 bits per heavy atom. The van der Waals surface area contributed by atoms with Crippen molar-refractivity contribution >= 4 is 23.2 Å². The first-order valence-electron chi connectivity index (χ1n) is 5.85. The molecule has 0 aromatic carbocycles. The number of nitrogens with two attached hydrogens (primary N) is 1. The van der Waals surface area contributed by atoms with Gasteiger partial charge in [-0.1, -0.05) is 11.6 Å². The van der Waals surface area contributed by atoms with Crippen LogP contribution in [0.4, 0.5) is 11.6 Å². The summed E-state index contributed by atoms with van der Waals surface area (Å²) in [5, 5.41) is 0.447. The van der Waals surface area contributed by atoms with Crippen molar-refractivity contribution in [2.45, 2.75) is 25.9 Å². The lowest BCUT2D eigenvalue weighted by Gasteiger charge is -2.32. The zero-order chi connectivity index (χ0) is 12.3. The Labute approximate surface area is 106 Å². The number of rotatable bonds is 3. The molecule has 0 unspecified atom stereocenters. The quantitative estimate of drug-likeness (QED) is 0.892. The van der Waals surface area contributed by atoms with E-state index in [4.69, 9.17) is 22.1 Å². The maximum atomic E-state index is 6.10. The van der Waals surface area contributed by atoms with E-state index in [1.807, 2.05) is 6.92 Å². The summed E-state index contributed by atoms with van der Waals surface area (Å²) in [7, 11) is 0. The molecule has 6 heteroatoms. The molecule has 2 N–H and O–H groups in total. The Hall–Kier alpha value is -1.07. The molecule has 0 aliphatic carbocycles. The van der Waals surface area contributed by atoms with Gasteiger partial charge in [0.05, 0.1) is 6.10 Å². The molecule has 5 nitrogen and oxygen atoms in total. The molecule has 1 aliphatic heterocycles. The van der Waals surface area contributed by atoms with Gasteiger partial charge in [0, 0.05) is 19.7 Å². The van der Waals surface area contributed by atoms with E-state index < -0.39 is 0 Å². The normalized spacial score (nSPS) is 17.4. The van der Waals surface area contributed by atoms with Crippen molar-refractivity contribution in [3.05, 3.63) is 11.3 Å². The maximum absolute atomic E-state index is 6.10. The van der Waals surface area contributed by atoms with Gasteiger partial charge in [-0.05, 0) is 19.8 Å². The van der Waals surface area contributed by atoms with Gasteiger partial charge in [-0.3, -0.25) is 0 Å². The minimum atomic E-state index is 0.337. The molecule has 2 rings (SSSR count). The van der Waals surface area contributed by atoms with Gasteiger partial charge in [0.1, 0.15) is 17.2 Å². The Kier molecular flexibility index (Phi) is 4.02. The summed E-state index contributed by atoms with van der Waals surface area (Å²) >= 11 is 6.10. The van der Waals surface area contributed by atoms with E-state index in [2.05, 4.69) is 14.9 Å². The first-order chi connectivity index (χ1) is 8.22. The maximum Gasteiger partial charge on any atom is 0.153 e. The van der Waals surface area contributed by atoms with Crippen LogP contribution in [0.5, 0.6) is 0 Å². The molecule has 1 aromatic heterocycles. The van der Waals surface area contributed by atoms with E-state index in [1.165, 1.54) is 6.33 Å². The van der Waals surface area contributed by atoms with Gasteiger partial charge in [0.25, 0.3) is 0 Å². The first kappa shape index (κ1) is 12.4. The predicted molar refractivity (Wildman–Crippen MR) is 68.3 cm³/mol. The SMILES string of the molecule is CCOC1CCN(c2ncnc(N)c2Cl)CC1. The number of hydrogen-bond acceptors (Lipinski definition) is 5. The molecule has 0 amide bonds. The van der Waals surface area contributed by atoms with E-state index in [1.54, 1.807) is 0 Å². The lowest BCUT2D eigenvalue weighted by Crippen LogP contribution is -2.37. The lowest BCUT2D eigenvalue weighted by molar-refractivity contribution is 0.0458. The van der Waals surface area contributed by atoms with Crippen LogP contribution in [-0.2, 0) is 4.74 Å². The van der Waals surface area contributed by atoms with E-state index in [0.29, 0.717) is 16.9 Å². The molecule has 1 fully saturated rings. The summed E-state index contributed by atoms with van der Waals surface area (Å²) in [5.74, 6) is 1.07. The summed E-state index contributed by atoms with van der Waals surface area (Å²) in [6.07, 6.45) is 3.79. The minimum Gasteiger partial charge on any atom is -0.382 e. The van der Waals surface area contributed by atoms with Crippen LogP contribution in [0, 0.1) is 0 Å². The third-order valence-electron chi connectivity index (χ3n) is 2.94. The highest BCUT2D eigenvalue weighted by atomic mass is 35.5. The molecule has 1 aliphatic rings. The fourth-order valence-electron chi connectivity index (χ4n) is 2.06. The standard InChI is InChI=1S/C11H17ClN4O/c1-2-17-8-3-5-16(6-4-8)11-9(12)10(13)14-7-15-11/h7-8H,2-6H2,1H3,(H2,13,14,15). The second-order valence-corrected chi connectivity index (χ2v) is 4.42. The van der Waals surface area contributed by atoms with Crippen LogP contribution in [0.1, 0.15) is 19.8 Å². The predicted octanol–water partition coefficient (Wildman–Crippen LogP) is 1.72. The van der Waals surface area contributed by atoms with Crippen molar-refractivity contribution < 1.29 is 4.74 Å². The molecular weight excluding hydrogens is 240 g/mol. The Morgan fingerprint density at radius 3 is 2.82 bits per heavy atom. The number of nitrogens with zero attached hydrogens (tertiary/aromatic N) is 3. The number of nitrogen functional groups attached to an aromatic ring is 1. The Balaban J connectivity index is 2.03. The van der Waals surface area contributed by atoms with Crippen molar-refractivity contribution in [3.63, 3.8) is 0 Å². The Bertz CT molecular complexity index is 380. The van der Waals surface area contributed by atoms with Crippen molar-refractivity contribution in [1.82, 2.24) is 9.97 Å². The smallest absolute Gasteiger partial charge is 0.153 e. The molecule has 0 bridgehead atoms. The summed E-state index contributed by atoms with van der Waals surface area (Å²) in [6, 6.07) is 0. The highest BCUT2D eigenvalue weighted by Crippen LogP contribution is 2.29. The van der Waals surface area contributed by atoms with Gasteiger partial charge in [-0.25, -0.2) is 9.97 Å². The zero-order valence-corrected chi connectivity index (χ0v) is 10.7. The van der Waals surface area contributed by atoms with Crippen molar-refractivity contribution in [1.29, 1.82) is 0 Å². The molecular formula is C11H17ClN4O. The van der Waals surface area contributed by atoms with Crippen LogP contribution >= 0.6 is 11.6 Å². The summed E-state index contributed by atoms with van der Waals surface area (Å²) < 4.78 is 5.60. The van der Waals surface area contributed by atoms with Gasteiger partial charge in [-0.2, -0.15) is 0 Å². The van der Waals surface area contributed by atoms with Gasteiger partial charge < -0.3 is 15.4 Å². The fourth-order valence-corrected chi connectivity index (χ4v) is 2.28. The molecule has 0 atom stereocenters. The number of aromatic nitrogens is 2. The molecule has 2 heterocycles. The molecule has 0 radical (unpaired) electrons. The highest BCUT2D eigenvalue weighted by molar-refractivity contribution is 6.35. The second kappa shape index (κ2) is 5.51. The van der Waals surface area contributed by atoms with E-state index in [0.717, 1.165) is 38.4 Å². The number of ether oxygens (including phenoxy) is 1. The lowest BCUT2D eigenvalue weighted by atomic mass is 10.1. The van der Waals surface area contributed by atoms with Crippen molar-refractivity contribution in [2.75, 3.05) is 30.3 Å². The summed E-state index contributed by atoms with van der Waals surface area (Å²) in [5.41, 5.74) is 5.67. The molecule has 17 heavy (non-hydrogen) atoms. The van der Waals surface area contributed by atoms with Gasteiger partial charge in [0.15, 0.2) is 5.82 Å². The number of anilines is 2. The summed E-state index contributed by atoms with van der Waals surface area (Å²) in [6.45, 7) is 4.57. The highest BCUT2D eigenvalue weighted by Gasteiger charge is 2.22. The van der Waals surface area contributed by atoms with Crippen molar-refractivity contribution in [3.8, 4) is 0 Å². The average molecular weight is 257 g/mol. The van der Waals surface area contributed by atoms with Crippen LogP contribution in [-0.4, -0.2) is 35.8 Å². The molecule has 0 spiro atoms. The number of halogens is 1. The average Bonchev–Trinajstić information content (AvgIpc) is 2.34. The molecule has 94 valence electrons. The first-order valence-corrected chi connectivity index (χ1v) is 6.22. The van der Waals surface area contributed by atoms with Crippen LogP contribution in [0.3, 0.4) is 0 Å². The third kappa shape index (κ3) is 2.79. The van der Waals surface area contributed by atoms with Gasteiger partial charge in [-0.15, -0.1) is 0 Å². The Morgan fingerprint density at radius 2 is 2.18 bits per heavy atom. The van der Waals surface area contributed by atoms with Gasteiger partial charge >= 0.3 is 0 Å². The van der Waals surface area contributed by atoms with E-state index >= 15 is 0 Å². The van der Waals surface area contributed by atoms with Crippen LogP contribution in [0.2, 0.25) is 5.02 Å². The van der Waals surface area contributed by atoms with Crippen LogP contribution in [0.25, 0.3) is 0 Å². The zero-order valence-electron chi connectivity index (χ0n) is 9.90. The van der Waals surface area contributed by atoms with Crippen molar-refractivity contribution in [2.24, 2.45) is 0 Å². The van der Waals surface area contributed by atoms with E-state index in [-0.39, 0.29) is 0 Å². The van der Waals surface area contributed by atoms with E-state index in [9.17, 15) is 0 Å². The topological polar surface area (TPSA) is 64.3 Å². The number of piperidine rings is 1. The molecule has 0 saturated carbocycles. The van der Waals surface area contributed by atoms with Crippen LogP contribution < -0.4 is 10.6 Å². The molecule has 1 aromatic rings. The monoisotopic (exact) mass is 256 g/mol. The third-order valence-corrected chi connectivity index (χ3v) is 3.30. The summed E-state index contributed by atoms with van der Waals surface area (Å²) in [4.78, 5) is 10.2. The van der Waals surface area contributed by atoms with Gasteiger partial charge in [0.2, 0.25) is 0 Å². The minimum absolute atomic E-state index is 0.337. The fraction of sp³-hybridized carbons (Fsp3) is 0.636.